The molecule has 0 aromatic rings. The normalized spacial score (nSPS) is 32.9. The van der Waals surface area contributed by atoms with Gasteiger partial charge in [-0.25, -0.2) is 0 Å². The van der Waals surface area contributed by atoms with E-state index in [-0.39, 0.29) is 5.78 Å². The second kappa shape index (κ2) is 4.92. The molecule has 1 fully saturated rings. The molecule has 82 valence electrons. The predicted octanol–water partition coefficient (Wildman–Crippen LogP) is 2.69. The van der Waals surface area contributed by atoms with E-state index in [1.165, 1.54) is 19.3 Å². The minimum atomic E-state index is -0.506. The van der Waals surface area contributed by atoms with Gasteiger partial charge in [0.25, 0.3) is 0 Å². The number of carbonyl (C=O) groups excluding carboxylic acids is 1. The lowest BCUT2D eigenvalue weighted by Gasteiger charge is -2.30. The average Bonchev–Trinajstić information content (AvgIpc) is 2.21. The Morgan fingerprint density at radius 3 is 2.43 bits per heavy atom. The first-order valence-corrected chi connectivity index (χ1v) is 5.79. The van der Waals surface area contributed by atoms with Crippen molar-refractivity contribution in [2.24, 2.45) is 5.41 Å². The van der Waals surface area contributed by atoms with Gasteiger partial charge in [0, 0.05) is 6.42 Å². The Bertz CT molecular complexity index is 198. The van der Waals surface area contributed by atoms with E-state index in [0.717, 1.165) is 19.3 Å². The van der Waals surface area contributed by atoms with Crippen LogP contribution in [0.25, 0.3) is 0 Å². The molecule has 0 amide bonds. The van der Waals surface area contributed by atoms with Gasteiger partial charge in [-0.3, -0.25) is 4.79 Å². The average molecular weight is 198 g/mol. The Kier molecular flexibility index (Phi) is 4.11. The molecular formula is C12H22O2. The monoisotopic (exact) mass is 198 g/mol. The number of aliphatic hydroxyl groups is 1. The molecule has 2 heteroatoms. The predicted molar refractivity (Wildman–Crippen MR) is 57.1 cm³/mol. The van der Waals surface area contributed by atoms with E-state index in [4.69, 9.17) is 0 Å². The highest BCUT2D eigenvalue weighted by Crippen LogP contribution is 2.33. The summed E-state index contributed by atoms with van der Waals surface area (Å²) in [5.74, 6) is 0.259. The summed E-state index contributed by atoms with van der Waals surface area (Å²) in [4.78, 5) is 11.9. The molecule has 1 aliphatic rings. The molecule has 2 nitrogen and oxygen atoms in total. The van der Waals surface area contributed by atoms with Crippen LogP contribution in [0.1, 0.15) is 58.8 Å². The fourth-order valence-electron chi connectivity index (χ4n) is 2.17. The highest BCUT2D eigenvalue weighted by molar-refractivity contribution is 5.85. The Hall–Kier alpha value is -0.370. The zero-order valence-electron chi connectivity index (χ0n) is 9.38. The van der Waals surface area contributed by atoms with E-state index in [0.29, 0.717) is 6.42 Å². The van der Waals surface area contributed by atoms with Crippen molar-refractivity contribution in [2.75, 3.05) is 0 Å². The molecule has 0 aliphatic heterocycles. The van der Waals surface area contributed by atoms with Gasteiger partial charge >= 0.3 is 0 Å². The smallest absolute Gasteiger partial charge is 0.141 e. The van der Waals surface area contributed by atoms with Gasteiger partial charge in [0.15, 0.2) is 0 Å². The van der Waals surface area contributed by atoms with Crippen molar-refractivity contribution in [3.8, 4) is 0 Å². The Morgan fingerprint density at radius 2 is 1.79 bits per heavy atom. The molecule has 0 saturated heterocycles. The first-order chi connectivity index (χ1) is 6.57. The number of rotatable bonds is 1. The third kappa shape index (κ3) is 2.57. The van der Waals surface area contributed by atoms with Crippen LogP contribution in [-0.2, 0) is 4.79 Å². The van der Waals surface area contributed by atoms with Crippen LogP contribution in [0.3, 0.4) is 0 Å². The summed E-state index contributed by atoms with van der Waals surface area (Å²) in [6.45, 7) is 3.67. The SMILES string of the molecule is C[C@H](O)[C@]1(C)CCCCCCCC1=O. The minimum absolute atomic E-state index is 0.259. The number of hydrogen-bond acceptors (Lipinski definition) is 2. The molecular weight excluding hydrogens is 176 g/mol. The number of hydrogen-bond donors (Lipinski definition) is 1. The van der Waals surface area contributed by atoms with Crippen molar-refractivity contribution in [3.05, 3.63) is 0 Å². The van der Waals surface area contributed by atoms with Crippen LogP contribution in [0.15, 0.2) is 0 Å². The molecule has 1 aliphatic carbocycles. The molecule has 0 radical (unpaired) electrons. The number of Topliss-reactive ketones (excluding diaryl/α,β-unsaturated/α-hetero) is 1. The zero-order chi connectivity index (χ0) is 10.6. The number of aliphatic hydroxyl groups excluding tert-OH is 1. The van der Waals surface area contributed by atoms with Crippen LogP contribution >= 0.6 is 0 Å². The maximum Gasteiger partial charge on any atom is 0.141 e. The van der Waals surface area contributed by atoms with E-state index in [9.17, 15) is 9.90 Å². The van der Waals surface area contributed by atoms with E-state index in [1.807, 2.05) is 6.92 Å². The van der Waals surface area contributed by atoms with Gasteiger partial charge in [0.05, 0.1) is 11.5 Å². The van der Waals surface area contributed by atoms with Crippen molar-refractivity contribution >= 4 is 5.78 Å². The lowest BCUT2D eigenvalue weighted by Crippen LogP contribution is -2.38. The van der Waals surface area contributed by atoms with E-state index >= 15 is 0 Å². The van der Waals surface area contributed by atoms with Gasteiger partial charge in [0.1, 0.15) is 5.78 Å². The van der Waals surface area contributed by atoms with Crippen molar-refractivity contribution in [1.29, 1.82) is 0 Å². The van der Waals surface area contributed by atoms with Crippen LogP contribution in [0.2, 0.25) is 0 Å². The third-order valence-corrected chi connectivity index (χ3v) is 3.66. The van der Waals surface area contributed by atoms with Crippen LogP contribution in [0.5, 0.6) is 0 Å². The van der Waals surface area contributed by atoms with Crippen molar-refractivity contribution < 1.29 is 9.90 Å². The van der Waals surface area contributed by atoms with Gasteiger partial charge in [0.2, 0.25) is 0 Å². The molecule has 1 N–H and O–H groups in total. The minimum Gasteiger partial charge on any atom is -0.392 e. The molecule has 0 unspecified atom stereocenters. The number of ketones is 1. The molecule has 1 rings (SSSR count). The zero-order valence-corrected chi connectivity index (χ0v) is 9.38. The second-order valence-electron chi connectivity index (χ2n) is 4.78. The lowest BCUT2D eigenvalue weighted by molar-refractivity contribution is -0.134. The quantitative estimate of drug-likeness (QED) is 0.703. The Balaban J connectivity index is 2.71. The number of carbonyl (C=O) groups is 1. The molecule has 0 bridgehead atoms. The van der Waals surface area contributed by atoms with Gasteiger partial charge in [-0.2, -0.15) is 0 Å². The summed E-state index contributed by atoms with van der Waals surface area (Å²) in [6, 6.07) is 0. The largest absolute Gasteiger partial charge is 0.392 e. The van der Waals surface area contributed by atoms with Gasteiger partial charge < -0.3 is 5.11 Å². The molecule has 0 aromatic heterocycles. The van der Waals surface area contributed by atoms with E-state index in [1.54, 1.807) is 6.92 Å². The summed E-state index contributed by atoms with van der Waals surface area (Å²) < 4.78 is 0. The van der Waals surface area contributed by atoms with Crippen molar-refractivity contribution in [2.45, 2.75) is 64.9 Å². The van der Waals surface area contributed by atoms with Crippen LogP contribution in [0, 0.1) is 5.41 Å². The molecule has 2 atom stereocenters. The molecule has 14 heavy (non-hydrogen) atoms. The van der Waals surface area contributed by atoms with Crippen molar-refractivity contribution in [1.82, 2.24) is 0 Å². The van der Waals surface area contributed by atoms with Crippen LogP contribution in [0.4, 0.5) is 0 Å². The summed E-state index contributed by atoms with van der Waals surface area (Å²) >= 11 is 0. The highest BCUT2D eigenvalue weighted by Gasteiger charge is 2.36. The molecule has 0 spiro atoms. The fourth-order valence-corrected chi connectivity index (χ4v) is 2.17. The third-order valence-electron chi connectivity index (χ3n) is 3.66. The lowest BCUT2D eigenvalue weighted by atomic mass is 9.75. The van der Waals surface area contributed by atoms with E-state index in [2.05, 4.69) is 0 Å². The Morgan fingerprint density at radius 1 is 1.21 bits per heavy atom. The van der Waals surface area contributed by atoms with Gasteiger partial charge in [-0.15, -0.1) is 0 Å². The topological polar surface area (TPSA) is 37.3 Å². The molecule has 0 heterocycles. The summed E-state index contributed by atoms with van der Waals surface area (Å²) in [6.07, 6.45) is 6.69. The van der Waals surface area contributed by atoms with Crippen molar-refractivity contribution in [3.63, 3.8) is 0 Å². The molecule has 1 saturated carbocycles. The van der Waals surface area contributed by atoms with Gasteiger partial charge in [-0.1, -0.05) is 32.6 Å². The molecule has 0 aromatic carbocycles. The Labute approximate surface area is 86.7 Å². The maximum absolute atomic E-state index is 11.9. The summed E-state index contributed by atoms with van der Waals surface area (Å²) in [5.41, 5.74) is -0.482. The maximum atomic E-state index is 11.9. The fraction of sp³-hybridized carbons (Fsp3) is 0.917. The first-order valence-electron chi connectivity index (χ1n) is 5.79. The summed E-state index contributed by atoms with van der Waals surface area (Å²) in [7, 11) is 0. The van der Waals surface area contributed by atoms with Crippen LogP contribution in [-0.4, -0.2) is 17.0 Å². The van der Waals surface area contributed by atoms with Gasteiger partial charge in [-0.05, 0) is 19.8 Å². The summed E-state index contributed by atoms with van der Waals surface area (Å²) in [5, 5.41) is 9.69. The second-order valence-corrected chi connectivity index (χ2v) is 4.78. The first kappa shape index (κ1) is 11.7. The van der Waals surface area contributed by atoms with E-state index < -0.39 is 11.5 Å². The standard InChI is InChI=1S/C12H22O2/c1-10(13)12(2)9-7-5-3-4-6-8-11(12)14/h10,13H,3-9H2,1-2H3/t10-,12-/m0/s1. The van der Waals surface area contributed by atoms with Crippen LogP contribution < -0.4 is 0 Å². The highest BCUT2D eigenvalue weighted by atomic mass is 16.3.